The Bertz CT molecular complexity index is 1080. The minimum atomic E-state index is -0.488. The lowest BCUT2D eigenvalue weighted by Crippen LogP contribution is -2.28. The van der Waals surface area contributed by atoms with Crippen LogP contribution >= 0.6 is 34.8 Å². The normalized spacial score (nSPS) is 10.4. The van der Waals surface area contributed by atoms with Gasteiger partial charge in [-0.1, -0.05) is 34.8 Å². The lowest BCUT2D eigenvalue weighted by Gasteiger charge is -2.12. The van der Waals surface area contributed by atoms with E-state index >= 15 is 0 Å². The standard InChI is InChI=1S/C19H10Cl3N3O/c1-2-17(23)25-19(26)10-3-4-16-13(7-10)12(5-6-24-16)18-14(21)8-11(20)9-15(18)22/h1,3-9H,(H2,23,25,26). The second-order valence-corrected chi connectivity index (χ2v) is 6.56. The van der Waals surface area contributed by atoms with Gasteiger partial charge in [-0.15, -0.1) is 6.42 Å². The number of rotatable bonds is 2. The molecule has 2 N–H and O–H groups in total. The molecule has 1 amide bonds. The third-order valence-corrected chi connectivity index (χ3v) is 4.48. The third kappa shape index (κ3) is 3.51. The van der Waals surface area contributed by atoms with E-state index in [-0.39, 0.29) is 5.84 Å². The summed E-state index contributed by atoms with van der Waals surface area (Å²) in [6.45, 7) is 0. The molecule has 0 saturated heterocycles. The molecule has 26 heavy (non-hydrogen) atoms. The van der Waals surface area contributed by atoms with Gasteiger partial charge in [0.05, 0.1) is 15.6 Å². The molecule has 0 atom stereocenters. The van der Waals surface area contributed by atoms with Gasteiger partial charge in [-0.25, -0.2) is 0 Å². The fraction of sp³-hybridized carbons (Fsp3) is 0. The number of carbonyl (C=O) groups excluding carboxylic acids is 1. The number of benzene rings is 2. The molecule has 3 rings (SSSR count). The number of terminal acetylenes is 1. The van der Waals surface area contributed by atoms with Gasteiger partial charge in [-0.3, -0.25) is 20.5 Å². The van der Waals surface area contributed by atoms with E-state index in [9.17, 15) is 4.79 Å². The van der Waals surface area contributed by atoms with Gasteiger partial charge in [0.2, 0.25) is 0 Å². The maximum atomic E-state index is 12.2. The Kier molecular flexibility index (Phi) is 5.15. The first-order valence-electron chi connectivity index (χ1n) is 7.31. The van der Waals surface area contributed by atoms with Crippen molar-refractivity contribution in [1.29, 1.82) is 5.41 Å². The number of carbonyl (C=O) groups is 1. The van der Waals surface area contributed by atoms with Crippen molar-refractivity contribution in [2.75, 3.05) is 0 Å². The fourth-order valence-corrected chi connectivity index (χ4v) is 3.55. The summed E-state index contributed by atoms with van der Waals surface area (Å²) in [6, 6.07) is 9.91. The summed E-state index contributed by atoms with van der Waals surface area (Å²) in [6.07, 6.45) is 6.73. The molecule has 1 aromatic heterocycles. The van der Waals surface area contributed by atoms with Gasteiger partial charge < -0.3 is 0 Å². The summed E-state index contributed by atoms with van der Waals surface area (Å²) in [5.41, 5.74) is 2.29. The average Bonchev–Trinajstić information content (AvgIpc) is 2.60. The molecule has 4 nitrogen and oxygen atoms in total. The summed E-state index contributed by atoms with van der Waals surface area (Å²) in [5, 5.41) is 11.6. The maximum absolute atomic E-state index is 12.2. The van der Waals surface area contributed by atoms with Crippen molar-refractivity contribution in [3.63, 3.8) is 0 Å². The van der Waals surface area contributed by atoms with Crippen LogP contribution in [0.1, 0.15) is 10.4 Å². The molecule has 0 saturated carbocycles. The SMILES string of the molecule is C#CC(=N)NC(=O)c1ccc2nccc(-c3c(Cl)cc(Cl)cc3Cl)c2c1. The van der Waals surface area contributed by atoms with Gasteiger partial charge >= 0.3 is 0 Å². The second-order valence-electron chi connectivity index (χ2n) is 5.31. The minimum Gasteiger partial charge on any atom is -0.300 e. The third-order valence-electron chi connectivity index (χ3n) is 3.66. The molecule has 0 radical (unpaired) electrons. The molecule has 0 aliphatic carbocycles. The Morgan fingerprint density at radius 1 is 1.12 bits per heavy atom. The lowest BCUT2D eigenvalue weighted by atomic mass is 9.99. The Hall–Kier alpha value is -2.58. The van der Waals surface area contributed by atoms with E-state index in [1.165, 1.54) is 0 Å². The quantitative estimate of drug-likeness (QED) is 0.351. The van der Waals surface area contributed by atoms with Crippen LogP contribution in [0.5, 0.6) is 0 Å². The first-order valence-corrected chi connectivity index (χ1v) is 8.44. The zero-order valence-electron chi connectivity index (χ0n) is 13.1. The Balaban J connectivity index is 2.19. The molecule has 0 fully saturated rings. The number of hydrogen-bond acceptors (Lipinski definition) is 3. The number of hydrogen-bond donors (Lipinski definition) is 2. The lowest BCUT2D eigenvalue weighted by molar-refractivity contribution is 0.0977. The van der Waals surface area contributed by atoms with Gasteiger partial charge in [0.25, 0.3) is 5.91 Å². The molecule has 128 valence electrons. The van der Waals surface area contributed by atoms with Crippen LogP contribution in [0.2, 0.25) is 15.1 Å². The number of fused-ring (bicyclic) bond motifs is 1. The van der Waals surface area contributed by atoms with Crippen LogP contribution in [0, 0.1) is 17.8 Å². The van der Waals surface area contributed by atoms with Gasteiger partial charge in [0.15, 0.2) is 5.84 Å². The number of pyridine rings is 1. The molecule has 1 heterocycles. The van der Waals surface area contributed by atoms with E-state index in [2.05, 4.69) is 16.2 Å². The summed E-state index contributed by atoms with van der Waals surface area (Å²) in [4.78, 5) is 16.5. The monoisotopic (exact) mass is 401 g/mol. The minimum absolute atomic E-state index is 0.315. The molecule has 7 heteroatoms. The predicted octanol–water partition coefficient (Wildman–Crippen LogP) is 5.20. The van der Waals surface area contributed by atoms with E-state index < -0.39 is 5.91 Å². The summed E-state index contributed by atoms with van der Waals surface area (Å²) >= 11 is 18.7. The number of nitrogens with zero attached hydrogens (tertiary/aromatic N) is 1. The van der Waals surface area contributed by atoms with Crippen molar-refractivity contribution in [3.05, 3.63) is 63.2 Å². The molecule has 0 aliphatic heterocycles. The first kappa shape index (κ1) is 18.2. The fourth-order valence-electron chi connectivity index (χ4n) is 2.53. The maximum Gasteiger partial charge on any atom is 0.257 e. The molecule has 0 unspecified atom stereocenters. The zero-order valence-corrected chi connectivity index (χ0v) is 15.4. The smallest absolute Gasteiger partial charge is 0.257 e. The van der Waals surface area contributed by atoms with E-state index in [1.54, 1.807) is 42.6 Å². The van der Waals surface area contributed by atoms with Gasteiger partial charge in [0, 0.05) is 27.7 Å². The van der Waals surface area contributed by atoms with Crippen molar-refractivity contribution in [2.24, 2.45) is 0 Å². The zero-order chi connectivity index (χ0) is 18.8. The van der Waals surface area contributed by atoms with Gasteiger partial charge in [0.1, 0.15) is 0 Å². The molecule has 2 aromatic carbocycles. The summed E-state index contributed by atoms with van der Waals surface area (Å²) in [5.74, 6) is 1.25. The Labute approximate surface area is 164 Å². The largest absolute Gasteiger partial charge is 0.300 e. The highest BCUT2D eigenvalue weighted by Gasteiger charge is 2.15. The molecule has 3 aromatic rings. The molecule has 0 spiro atoms. The molecular formula is C19H10Cl3N3O. The van der Waals surface area contributed by atoms with Gasteiger partial charge in [-0.05, 0) is 47.9 Å². The van der Waals surface area contributed by atoms with E-state index in [4.69, 9.17) is 46.6 Å². The highest BCUT2D eigenvalue weighted by atomic mass is 35.5. The van der Waals surface area contributed by atoms with Crippen molar-refractivity contribution >= 4 is 57.4 Å². The van der Waals surface area contributed by atoms with Crippen molar-refractivity contribution in [3.8, 4) is 23.5 Å². The van der Waals surface area contributed by atoms with Gasteiger partial charge in [-0.2, -0.15) is 0 Å². The number of aromatic nitrogens is 1. The topological polar surface area (TPSA) is 65.8 Å². The summed E-state index contributed by atoms with van der Waals surface area (Å²) < 4.78 is 0. The summed E-state index contributed by atoms with van der Waals surface area (Å²) in [7, 11) is 0. The van der Waals surface area contributed by atoms with E-state index in [1.807, 2.05) is 0 Å². The second kappa shape index (κ2) is 7.35. The highest BCUT2D eigenvalue weighted by Crippen LogP contribution is 2.40. The number of halogens is 3. The molecule has 0 bridgehead atoms. The van der Waals surface area contributed by atoms with E-state index in [0.29, 0.717) is 42.7 Å². The molecule has 0 aliphatic rings. The Morgan fingerprint density at radius 3 is 2.46 bits per heavy atom. The van der Waals surface area contributed by atoms with Crippen LogP contribution in [0.4, 0.5) is 0 Å². The van der Waals surface area contributed by atoms with E-state index in [0.717, 1.165) is 0 Å². The number of amidine groups is 1. The van der Waals surface area contributed by atoms with Crippen LogP contribution in [-0.4, -0.2) is 16.7 Å². The van der Waals surface area contributed by atoms with Crippen LogP contribution in [-0.2, 0) is 0 Å². The Morgan fingerprint density at radius 2 is 1.81 bits per heavy atom. The van der Waals surface area contributed by atoms with Crippen LogP contribution in [0.25, 0.3) is 22.0 Å². The van der Waals surface area contributed by atoms with Crippen molar-refractivity contribution in [2.45, 2.75) is 0 Å². The first-order chi connectivity index (χ1) is 12.4. The van der Waals surface area contributed by atoms with Crippen LogP contribution in [0.3, 0.4) is 0 Å². The number of nitrogens with one attached hydrogen (secondary N) is 2. The molecular weight excluding hydrogens is 393 g/mol. The van der Waals surface area contributed by atoms with Crippen LogP contribution in [0.15, 0.2) is 42.6 Å². The predicted molar refractivity (Wildman–Crippen MR) is 106 cm³/mol. The van der Waals surface area contributed by atoms with Crippen molar-refractivity contribution < 1.29 is 4.79 Å². The highest BCUT2D eigenvalue weighted by molar-refractivity contribution is 6.42. The number of amides is 1. The average molecular weight is 403 g/mol. The van der Waals surface area contributed by atoms with Crippen LogP contribution < -0.4 is 5.32 Å². The van der Waals surface area contributed by atoms with Crippen molar-refractivity contribution in [1.82, 2.24) is 10.3 Å².